The Morgan fingerprint density at radius 1 is 0.794 bits per heavy atom. The number of primary sulfonamides is 1. The Labute approximate surface area is 196 Å². The molecule has 1 amide bonds. The van der Waals surface area contributed by atoms with E-state index >= 15 is 0 Å². The summed E-state index contributed by atoms with van der Waals surface area (Å²) in [7, 11) is -3.77. The topological polar surface area (TPSA) is 106 Å². The fraction of sp³-hybridized carbons (Fsp3) is 0. The summed E-state index contributed by atoms with van der Waals surface area (Å²) in [5, 5.41) is 11.1. The smallest absolute Gasteiger partial charge is 0.281 e. The molecule has 4 aromatic rings. The molecule has 34 heavy (non-hydrogen) atoms. The minimum atomic E-state index is -3.77. The number of carbonyl (C=O) groups is 1. The van der Waals surface area contributed by atoms with Crippen LogP contribution in [0.1, 0.15) is 11.3 Å². The molecule has 3 aromatic carbocycles. The van der Waals surface area contributed by atoms with Crippen LogP contribution in [0.25, 0.3) is 17.4 Å². The van der Waals surface area contributed by atoms with E-state index < -0.39 is 10.0 Å². The van der Waals surface area contributed by atoms with E-state index in [0.717, 1.165) is 5.56 Å². The molecule has 2 N–H and O–H groups in total. The molecule has 0 saturated heterocycles. The van der Waals surface area contributed by atoms with Gasteiger partial charge < -0.3 is 4.42 Å². The predicted molar refractivity (Wildman–Crippen MR) is 130 cm³/mol. The molecule has 7 nitrogen and oxygen atoms in total. The molecule has 0 saturated carbocycles. The van der Waals surface area contributed by atoms with E-state index in [4.69, 9.17) is 9.56 Å². The Morgan fingerprint density at radius 2 is 1.44 bits per heavy atom. The second-order valence-corrected chi connectivity index (χ2v) is 9.16. The van der Waals surface area contributed by atoms with E-state index in [2.05, 4.69) is 5.10 Å². The highest BCUT2D eigenvalue weighted by Crippen LogP contribution is 2.29. The predicted octanol–water partition coefficient (Wildman–Crippen LogP) is 4.43. The Balaban J connectivity index is 1.51. The number of para-hydroxylation sites is 1. The van der Waals surface area contributed by atoms with Crippen molar-refractivity contribution in [2.24, 2.45) is 10.2 Å². The van der Waals surface area contributed by atoms with Crippen molar-refractivity contribution in [3.8, 4) is 11.3 Å². The largest absolute Gasteiger partial charge is 0.457 e. The average Bonchev–Trinajstić information content (AvgIpc) is 3.45. The number of hydrogen-bond acceptors (Lipinski definition) is 5. The summed E-state index contributed by atoms with van der Waals surface area (Å²) in [6, 6.07) is 28.3. The van der Waals surface area contributed by atoms with Gasteiger partial charge in [0.15, 0.2) is 0 Å². The first-order valence-electron chi connectivity index (χ1n) is 10.4. The van der Waals surface area contributed by atoms with E-state index in [-0.39, 0.29) is 10.8 Å². The molecule has 0 radical (unpaired) electrons. The molecule has 8 heteroatoms. The molecule has 1 aliphatic rings. The molecule has 0 unspecified atom stereocenters. The number of nitrogens with two attached hydrogens (primary N) is 1. The van der Waals surface area contributed by atoms with Crippen LogP contribution in [-0.4, -0.2) is 20.0 Å². The molecular formula is C26H19N3O4S. The van der Waals surface area contributed by atoms with Crippen LogP contribution in [0.15, 0.2) is 117 Å². The first-order valence-corrected chi connectivity index (χ1v) is 11.9. The van der Waals surface area contributed by atoms with E-state index in [1.807, 2.05) is 60.7 Å². The lowest BCUT2D eigenvalue weighted by molar-refractivity contribution is -0.114. The molecule has 0 spiro atoms. The number of furan rings is 1. The first kappa shape index (κ1) is 21.6. The maximum absolute atomic E-state index is 13.3. The lowest BCUT2D eigenvalue weighted by atomic mass is 10.0. The lowest BCUT2D eigenvalue weighted by Gasteiger charge is -2.10. The van der Waals surface area contributed by atoms with Crippen molar-refractivity contribution < 1.29 is 17.6 Å². The van der Waals surface area contributed by atoms with Gasteiger partial charge in [-0.2, -0.15) is 10.1 Å². The zero-order valence-corrected chi connectivity index (χ0v) is 18.6. The number of hydrazone groups is 1. The third kappa shape index (κ3) is 4.19. The summed E-state index contributed by atoms with van der Waals surface area (Å²) < 4.78 is 28.9. The van der Waals surface area contributed by atoms with E-state index in [1.54, 1.807) is 30.3 Å². The van der Waals surface area contributed by atoms with Gasteiger partial charge >= 0.3 is 0 Å². The average molecular weight is 470 g/mol. The minimum absolute atomic E-state index is 0.0198. The summed E-state index contributed by atoms with van der Waals surface area (Å²) in [4.78, 5) is 13.4. The van der Waals surface area contributed by atoms with Crippen LogP contribution in [0.4, 0.5) is 5.69 Å². The van der Waals surface area contributed by atoms with Crippen molar-refractivity contribution in [1.29, 1.82) is 0 Å². The Bertz CT molecular complexity index is 1520. The van der Waals surface area contributed by atoms with Gasteiger partial charge in [0.1, 0.15) is 17.2 Å². The van der Waals surface area contributed by atoms with Crippen LogP contribution in [0, 0.1) is 0 Å². The lowest BCUT2D eigenvalue weighted by Crippen LogP contribution is -2.21. The number of rotatable bonds is 5. The van der Waals surface area contributed by atoms with Gasteiger partial charge in [0, 0.05) is 11.1 Å². The summed E-state index contributed by atoms with van der Waals surface area (Å²) in [6.45, 7) is 0. The Hall–Kier alpha value is -4.27. The van der Waals surface area contributed by atoms with Crippen LogP contribution >= 0.6 is 0 Å². The standard InChI is InChI=1S/C26H19N3O4S/c27-34(31,32)22-14-11-18(12-15-22)24-16-13-21(33-24)17-23-25(19-7-3-1-4-8-19)28-29(26(23)30)20-9-5-2-6-10-20/h1-17H,(H2,27,31,32)/b23-17-. The van der Waals surface area contributed by atoms with Gasteiger partial charge in [0.2, 0.25) is 10.0 Å². The highest BCUT2D eigenvalue weighted by atomic mass is 32.2. The van der Waals surface area contributed by atoms with Crippen molar-refractivity contribution in [3.05, 3.63) is 114 Å². The molecule has 168 valence electrons. The highest BCUT2D eigenvalue weighted by molar-refractivity contribution is 7.89. The number of nitrogens with zero attached hydrogens (tertiary/aromatic N) is 2. The number of sulfonamides is 1. The van der Waals surface area contributed by atoms with Gasteiger partial charge in [-0.25, -0.2) is 13.6 Å². The van der Waals surface area contributed by atoms with Crippen molar-refractivity contribution in [2.45, 2.75) is 4.90 Å². The summed E-state index contributed by atoms with van der Waals surface area (Å²) in [5.41, 5.74) is 3.10. The third-order valence-corrected chi connectivity index (χ3v) is 6.24. The molecule has 0 atom stereocenters. The molecule has 1 aliphatic heterocycles. The van der Waals surface area contributed by atoms with Crippen LogP contribution in [0.2, 0.25) is 0 Å². The van der Waals surface area contributed by atoms with Gasteiger partial charge in [0.25, 0.3) is 5.91 Å². The van der Waals surface area contributed by atoms with Gasteiger partial charge in [0.05, 0.1) is 16.2 Å². The normalized spacial score (nSPS) is 15.1. The first-order chi connectivity index (χ1) is 16.4. The summed E-state index contributed by atoms with van der Waals surface area (Å²) >= 11 is 0. The second kappa shape index (κ2) is 8.58. The molecule has 5 rings (SSSR count). The Morgan fingerprint density at radius 3 is 2.09 bits per heavy atom. The minimum Gasteiger partial charge on any atom is -0.457 e. The van der Waals surface area contributed by atoms with Crippen LogP contribution in [-0.2, 0) is 14.8 Å². The van der Waals surface area contributed by atoms with E-state index in [1.165, 1.54) is 17.1 Å². The van der Waals surface area contributed by atoms with E-state index in [0.29, 0.717) is 34.1 Å². The number of amides is 1. The fourth-order valence-corrected chi connectivity index (χ4v) is 4.15. The zero-order valence-electron chi connectivity index (χ0n) is 17.8. The molecular weight excluding hydrogens is 450 g/mol. The van der Waals surface area contributed by atoms with Crippen molar-refractivity contribution in [3.63, 3.8) is 0 Å². The maximum atomic E-state index is 13.3. The number of hydrogen-bond donors (Lipinski definition) is 1. The molecule has 0 fully saturated rings. The van der Waals surface area contributed by atoms with Gasteiger partial charge in [-0.05, 0) is 54.6 Å². The van der Waals surface area contributed by atoms with Crippen molar-refractivity contribution >= 4 is 33.4 Å². The summed E-state index contributed by atoms with van der Waals surface area (Å²) in [5.74, 6) is 0.726. The number of anilines is 1. The molecule has 2 heterocycles. The SMILES string of the molecule is NS(=O)(=O)c1ccc(-c2ccc(/C=C3\C(=O)N(c4ccccc4)N=C3c3ccccc3)o2)cc1. The monoisotopic (exact) mass is 469 g/mol. The molecule has 1 aromatic heterocycles. The van der Waals surface area contributed by atoms with Gasteiger partial charge in [-0.3, -0.25) is 4.79 Å². The van der Waals surface area contributed by atoms with Gasteiger partial charge in [-0.15, -0.1) is 0 Å². The van der Waals surface area contributed by atoms with E-state index in [9.17, 15) is 13.2 Å². The van der Waals surface area contributed by atoms with Gasteiger partial charge in [-0.1, -0.05) is 48.5 Å². The summed E-state index contributed by atoms with van der Waals surface area (Å²) in [6.07, 6.45) is 1.67. The zero-order chi connectivity index (χ0) is 23.7. The third-order valence-electron chi connectivity index (χ3n) is 5.31. The van der Waals surface area contributed by atoms with Crippen molar-refractivity contribution in [2.75, 3.05) is 5.01 Å². The second-order valence-electron chi connectivity index (χ2n) is 7.60. The van der Waals surface area contributed by atoms with Crippen LogP contribution < -0.4 is 10.1 Å². The quantitative estimate of drug-likeness (QED) is 0.437. The fourth-order valence-electron chi connectivity index (χ4n) is 3.63. The Kier molecular flexibility index (Phi) is 5.45. The van der Waals surface area contributed by atoms with Crippen molar-refractivity contribution in [1.82, 2.24) is 0 Å². The molecule has 0 aliphatic carbocycles. The molecule has 0 bridgehead atoms. The maximum Gasteiger partial charge on any atom is 0.281 e. The highest BCUT2D eigenvalue weighted by Gasteiger charge is 2.32. The number of carbonyl (C=O) groups excluding carboxylic acids is 1. The van der Waals surface area contributed by atoms with Crippen LogP contribution in [0.5, 0.6) is 0 Å². The van der Waals surface area contributed by atoms with Crippen LogP contribution in [0.3, 0.4) is 0 Å². The number of benzene rings is 3.